The van der Waals surface area contributed by atoms with E-state index in [1.165, 1.54) is 6.07 Å². The Hall–Kier alpha value is -2.46. The van der Waals surface area contributed by atoms with Gasteiger partial charge in [0.15, 0.2) is 0 Å². The van der Waals surface area contributed by atoms with E-state index in [1.54, 1.807) is 6.07 Å². The van der Waals surface area contributed by atoms with Crippen LogP contribution in [0.25, 0.3) is 11.1 Å². The number of fused-ring (bicyclic) bond motifs is 1. The molecule has 168 valence electrons. The van der Waals surface area contributed by atoms with Crippen LogP contribution in [0.3, 0.4) is 0 Å². The molecule has 2 aliphatic heterocycles. The number of hydrogen-bond donors (Lipinski definition) is 2. The summed E-state index contributed by atoms with van der Waals surface area (Å²) in [5.41, 5.74) is 3.52. The molecule has 2 saturated heterocycles. The Morgan fingerprint density at radius 3 is 2.66 bits per heavy atom. The highest BCUT2D eigenvalue weighted by Crippen LogP contribution is 2.46. The van der Waals surface area contributed by atoms with Crippen LogP contribution in [0.15, 0.2) is 36.4 Å². The molecule has 1 aliphatic carbocycles. The number of rotatable bonds is 4. The number of halogens is 1. The van der Waals surface area contributed by atoms with Crippen LogP contribution in [0.2, 0.25) is 0 Å². The fourth-order valence-corrected chi connectivity index (χ4v) is 5.82. The minimum Gasteiger partial charge on any atom is -0.390 e. The Balaban J connectivity index is 1.47. The Kier molecular flexibility index (Phi) is 5.66. The smallest absolute Gasteiger partial charge is 0.141 e. The predicted molar refractivity (Wildman–Crippen MR) is 122 cm³/mol. The molecule has 2 aromatic rings. The van der Waals surface area contributed by atoms with E-state index in [0.29, 0.717) is 11.8 Å². The van der Waals surface area contributed by atoms with Crippen molar-refractivity contribution in [3.8, 4) is 17.2 Å². The third-order valence-electron chi connectivity index (χ3n) is 7.25. The third kappa shape index (κ3) is 4.25. The molecule has 32 heavy (non-hydrogen) atoms. The van der Waals surface area contributed by atoms with Crippen molar-refractivity contribution in [1.82, 2.24) is 5.32 Å². The highest BCUT2D eigenvalue weighted by molar-refractivity contribution is 5.80. The van der Waals surface area contributed by atoms with Crippen molar-refractivity contribution >= 4 is 5.69 Å². The molecule has 6 heteroatoms. The molecule has 1 saturated carbocycles. The maximum Gasteiger partial charge on any atom is 0.141 e. The maximum absolute atomic E-state index is 14.5. The average Bonchev–Trinajstić information content (AvgIpc) is 3.28. The minimum absolute atomic E-state index is 0.0612. The second kappa shape index (κ2) is 8.47. The number of nitriles is 1. The first-order chi connectivity index (χ1) is 15.4. The van der Waals surface area contributed by atoms with Crippen molar-refractivity contribution in [2.24, 2.45) is 11.8 Å². The lowest BCUT2D eigenvalue weighted by Crippen LogP contribution is -2.39. The van der Waals surface area contributed by atoms with Crippen LogP contribution in [-0.4, -0.2) is 49.6 Å². The van der Waals surface area contributed by atoms with E-state index in [0.717, 1.165) is 74.4 Å². The predicted octanol–water partition coefficient (Wildman–Crippen LogP) is 3.49. The molecule has 0 bridgehead atoms. The number of morpholine rings is 1. The summed E-state index contributed by atoms with van der Waals surface area (Å²) in [6.45, 7) is 6.19. The van der Waals surface area contributed by atoms with Gasteiger partial charge >= 0.3 is 0 Å². The first kappa shape index (κ1) is 21.4. The van der Waals surface area contributed by atoms with Gasteiger partial charge in [-0.1, -0.05) is 12.1 Å². The molecule has 2 N–H and O–H groups in total. The number of aliphatic hydroxyl groups is 1. The minimum atomic E-state index is -0.557. The number of anilines is 1. The number of ether oxygens (including phenoxy) is 1. The Morgan fingerprint density at radius 2 is 2.00 bits per heavy atom. The highest BCUT2D eigenvalue weighted by atomic mass is 19.1. The van der Waals surface area contributed by atoms with Crippen molar-refractivity contribution in [3.05, 3.63) is 53.3 Å². The van der Waals surface area contributed by atoms with Gasteiger partial charge in [-0.15, -0.1) is 0 Å². The van der Waals surface area contributed by atoms with Gasteiger partial charge in [0.25, 0.3) is 0 Å². The van der Waals surface area contributed by atoms with Crippen LogP contribution in [0.4, 0.5) is 10.1 Å². The van der Waals surface area contributed by atoms with Gasteiger partial charge in [-0.05, 0) is 73.4 Å². The van der Waals surface area contributed by atoms with Gasteiger partial charge in [0, 0.05) is 37.4 Å². The van der Waals surface area contributed by atoms with Crippen molar-refractivity contribution in [2.75, 3.05) is 37.7 Å². The molecule has 4 atom stereocenters. The van der Waals surface area contributed by atoms with Crippen LogP contribution in [-0.2, 0) is 11.2 Å². The monoisotopic (exact) mass is 435 g/mol. The summed E-state index contributed by atoms with van der Waals surface area (Å²) >= 11 is 0. The fraction of sp³-hybridized carbons (Fsp3) is 0.500. The molecule has 2 unspecified atom stereocenters. The molecule has 0 amide bonds. The van der Waals surface area contributed by atoms with E-state index < -0.39 is 11.4 Å². The van der Waals surface area contributed by atoms with Gasteiger partial charge in [0.2, 0.25) is 0 Å². The average molecular weight is 436 g/mol. The molecule has 5 nitrogen and oxygen atoms in total. The topological polar surface area (TPSA) is 68.5 Å². The van der Waals surface area contributed by atoms with Crippen LogP contribution in [0, 0.1) is 29.0 Å². The Bertz CT molecular complexity index is 1030. The lowest BCUT2D eigenvalue weighted by atomic mass is 9.96. The third-order valence-corrected chi connectivity index (χ3v) is 7.25. The number of benzene rings is 2. The van der Waals surface area contributed by atoms with Crippen molar-refractivity contribution in [2.45, 2.75) is 37.9 Å². The molecule has 5 rings (SSSR count). The maximum atomic E-state index is 14.5. The lowest BCUT2D eigenvalue weighted by molar-refractivity contribution is 0.0292. The van der Waals surface area contributed by atoms with Gasteiger partial charge in [-0.3, -0.25) is 0 Å². The normalized spacial score (nSPS) is 29.7. The summed E-state index contributed by atoms with van der Waals surface area (Å²) in [5.74, 6) is 0.476. The summed E-state index contributed by atoms with van der Waals surface area (Å²) in [5, 5.41) is 23.0. The van der Waals surface area contributed by atoms with E-state index in [1.807, 2.05) is 19.1 Å². The zero-order valence-electron chi connectivity index (χ0n) is 18.5. The largest absolute Gasteiger partial charge is 0.390 e. The second-order valence-corrected chi connectivity index (χ2v) is 9.89. The zero-order chi connectivity index (χ0) is 22.3. The number of hydrogen-bond acceptors (Lipinski definition) is 5. The lowest BCUT2D eigenvalue weighted by Gasteiger charge is -2.27. The zero-order valence-corrected chi connectivity index (χ0v) is 18.5. The van der Waals surface area contributed by atoms with Gasteiger partial charge in [0.1, 0.15) is 11.9 Å². The molecule has 0 spiro atoms. The Morgan fingerprint density at radius 1 is 1.22 bits per heavy atom. The first-order valence-corrected chi connectivity index (χ1v) is 11.5. The van der Waals surface area contributed by atoms with E-state index in [9.17, 15) is 9.50 Å². The SMILES string of the molecule is CC1(O)C[C@H]2CN(c3ccc(CC4CNCCO4)cc3-c3ccc(C#N)c(F)c3)C[C@H]2C1. The van der Waals surface area contributed by atoms with Crippen LogP contribution in [0.5, 0.6) is 0 Å². The second-order valence-electron chi connectivity index (χ2n) is 9.89. The highest BCUT2D eigenvalue weighted by Gasteiger charge is 2.46. The summed E-state index contributed by atoms with van der Waals surface area (Å²) in [6, 6.07) is 13.2. The van der Waals surface area contributed by atoms with Crippen molar-refractivity contribution in [1.29, 1.82) is 5.26 Å². The standard InChI is InChI=1S/C26H30FN3O2/c1-26(31)11-20-15-30(16-21(20)12-26)25-5-2-17(8-22-14-29-6-7-32-22)9-23(25)18-3-4-19(13-28)24(27)10-18/h2-5,9-10,20-22,29,31H,6-8,11-12,14-16H2,1H3/t20-,21+,22?,26?. The van der Waals surface area contributed by atoms with Gasteiger partial charge < -0.3 is 20.1 Å². The fourth-order valence-electron chi connectivity index (χ4n) is 5.82. The molecule has 0 aromatic heterocycles. The van der Waals surface area contributed by atoms with Crippen LogP contribution in [0.1, 0.15) is 30.9 Å². The summed E-state index contributed by atoms with van der Waals surface area (Å²) in [4.78, 5) is 2.39. The van der Waals surface area contributed by atoms with Crippen LogP contribution >= 0.6 is 0 Å². The van der Waals surface area contributed by atoms with E-state index in [2.05, 4.69) is 28.4 Å². The van der Waals surface area contributed by atoms with E-state index in [4.69, 9.17) is 10.00 Å². The van der Waals surface area contributed by atoms with Crippen molar-refractivity contribution < 1.29 is 14.2 Å². The molecule has 0 radical (unpaired) electrons. The molecule has 3 aliphatic rings. The molecular formula is C26H30FN3O2. The summed E-state index contributed by atoms with van der Waals surface area (Å²) < 4.78 is 20.4. The molecule has 3 fully saturated rings. The van der Waals surface area contributed by atoms with Gasteiger partial charge in [-0.25, -0.2) is 4.39 Å². The summed E-state index contributed by atoms with van der Waals surface area (Å²) in [6.07, 6.45) is 2.60. The molecular weight excluding hydrogens is 405 g/mol. The van der Waals surface area contributed by atoms with E-state index in [-0.39, 0.29) is 11.7 Å². The van der Waals surface area contributed by atoms with Gasteiger partial charge in [-0.2, -0.15) is 5.26 Å². The number of nitrogens with zero attached hydrogens (tertiary/aromatic N) is 2. The van der Waals surface area contributed by atoms with Crippen LogP contribution < -0.4 is 10.2 Å². The van der Waals surface area contributed by atoms with Crippen molar-refractivity contribution in [3.63, 3.8) is 0 Å². The molecule has 2 heterocycles. The number of nitrogens with one attached hydrogen (secondary N) is 1. The van der Waals surface area contributed by atoms with E-state index >= 15 is 0 Å². The Labute approximate surface area is 188 Å². The first-order valence-electron chi connectivity index (χ1n) is 11.5. The van der Waals surface area contributed by atoms with Gasteiger partial charge in [0.05, 0.1) is 23.9 Å². The quantitative estimate of drug-likeness (QED) is 0.770. The molecule has 2 aromatic carbocycles. The summed E-state index contributed by atoms with van der Waals surface area (Å²) in [7, 11) is 0.